The number of anilines is 1. The van der Waals surface area contributed by atoms with Gasteiger partial charge in [-0.2, -0.15) is 5.26 Å². The lowest BCUT2D eigenvalue weighted by Gasteiger charge is -2.25. The fourth-order valence-electron chi connectivity index (χ4n) is 3.01. The number of hydrogen-bond donors (Lipinski definition) is 0. The normalized spacial score (nSPS) is 14.9. The fourth-order valence-corrected chi connectivity index (χ4v) is 3.21. The van der Waals surface area contributed by atoms with E-state index < -0.39 is 18.5 Å². The van der Waals surface area contributed by atoms with Crippen molar-refractivity contribution in [3.8, 4) is 11.8 Å². The van der Waals surface area contributed by atoms with Crippen LogP contribution in [0.4, 0.5) is 5.69 Å². The first-order valence-electron chi connectivity index (χ1n) is 8.88. The van der Waals surface area contributed by atoms with Crippen molar-refractivity contribution < 1.29 is 19.1 Å². The summed E-state index contributed by atoms with van der Waals surface area (Å²) in [4.78, 5) is 26.4. The minimum Gasteiger partial charge on any atom is -0.492 e. The Morgan fingerprint density at radius 2 is 2.04 bits per heavy atom. The van der Waals surface area contributed by atoms with Gasteiger partial charge in [0.25, 0.3) is 5.91 Å². The summed E-state index contributed by atoms with van der Waals surface area (Å²) in [6.45, 7) is 0.0336. The van der Waals surface area contributed by atoms with Crippen LogP contribution in [0.15, 0.2) is 48.5 Å². The number of halogens is 1. The lowest BCUT2D eigenvalue weighted by Crippen LogP contribution is -2.37. The molecule has 6 nitrogen and oxygen atoms in total. The third kappa shape index (κ3) is 4.81. The minimum absolute atomic E-state index is 0.183. The second kappa shape index (κ2) is 9.25. The fraction of sp³-hybridized carbons (Fsp3) is 0.286. The molecule has 0 bridgehead atoms. The summed E-state index contributed by atoms with van der Waals surface area (Å²) < 4.78 is 10.8. The number of rotatable bonds is 6. The third-order valence-electron chi connectivity index (χ3n) is 4.42. The highest BCUT2D eigenvalue weighted by Gasteiger charge is 2.28. The highest BCUT2D eigenvalue weighted by atomic mass is 35.5. The van der Waals surface area contributed by atoms with Crippen molar-refractivity contribution in [2.75, 3.05) is 24.7 Å². The predicted octanol–water partition coefficient (Wildman–Crippen LogP) is 3.38. The van der Waals surface area contributed by atoms with Crippen LogP contribution in [0.2, 0.25) is 5.02 Å². The maximum atomic E-state index is 12.6. The van der Waals surface area contributed by atoms with Gasteiger partial charge in [0.15, 0.2) is 6.61 Å². The van der Waals surface area contributed by atoms with Gasteiger partial charge in [-0.3, -0.25) is 9.59 Å². The maximum absolute atomic E-state index is 12.6. The molecule has 0 N–H and O–H groups in total. The van der Waals surface area contributed by atoms with E-state index >= 15 is 0 Å². The van der Waals surface area contributed by atoms with Crippen molar-refractivity contribution in [1.29, 1.82) is 5.26 Å². The Morgan fingerprint density at radius 1 is 1.25 bits per heavy atom. The first kappa shape index (κ1) is 19.7. The highest BCUT2D eigenvalue weighted by Crippen LogP contribution is 2.30. The molecule has 0 saturated heterocycles. The minimum atomic E-state index is -0.497. The van der Waals surface area contributed by atoms with Crippen LogP contribution in [0.1, 0.15) is 12.0 Å². The van der Waals surface area contributed by atoms with Crippen LogP contribution in [0.5, 0.6) is 5.75 Å². The second-order valence-electron chi connectivity index (χ2n) is 6.36. The van der Waals surface area contributed by atoms with Crippen LogP contribution >= 0.6 is 11.6 Å². The zero-order chi connectivity index (χ0) is 19.9. The Hall–Kier alpha value is -3.04. The van der Waals surface area contributed by atoms with Gasteiger partial charge in [0.1, 0.15) is 12.4 Å². The molecular weight excluding hydrogens is 380 g/mol. The highest BCUT2D eigenvalue weighted by molar-refractivity contribution is 6.30. The molecule has 0 spiro atoms. The van der Waals surface area contributed by atoms with Crippen LogP contribution in [-0.2, 0) is 20.7 Å². The maximum Gasteiger partial charge on any atom is 0.313 e. The summed E-state index contributed by atoms with van der Waals surface area (Å²) in [5.41, 5.74) is 1.50. The lowest BCUT2D eigenvalue weighted by atomic mass is 9.97. The number of amides is 1. The smallest absolute Gasteiger partial charge is 0.313 e. The second-order valence-corrected chi connectivity index (χ2v) is 6.80. The largest absolute Gasteiger partial charge is 0.492 e. The van der Waals surface area contributed by atoms with E-state index in [1.807, 2.05) is 12.1 Å². The van der Waals surface area contributed by atoms with Crippen molar-refractivity contribution >= 4 is 29.2 Å². The van der Waals surface area contributed by atoms with Gasteiger partial charge in [0.2, 0.25) is 0 Å². The molecule has 1 atom stereocenters. The van der Waals surface area contributed by atoms with Gasteiger partial charge in [-0.25, -0.2) is 0 Å². The van der Waals surface area contributed by atoms with Gasteiger partial charge >= 0.3 is 5.97 Å². The molecule has 0 aromatic heterocycles. The number of carbonyl (C=O) groups excluding carboxylic acids is 2. The van der Waals surface area contributed by atoms with Crippen molar-refractivity contribution in [1.82, 2.24) is 0 Å². The van der Waals surface area contributed by atoms with E-state index in [-0.39, 0.29) is 25.5 Å². The summed E-state index contributed by atoms with van der Waals surface area (Å²) in [5.74, 6) is -0.665. The van der Waals surface area contributed by atoms with E-state index in [9.17, 15) is 9.59 Å². The molecule has 1 heterocycles. The van der Waals surface area contributed by atoms with Crippen LogP contribution in [-0.4, -0.2) is 31.6 Å². The summed E-state index contributed by atoms with van der Waals surface area (Å²) in [6.07, 6.45) is 0.627. The molecule has 28 heavy (non-hydrogen) atoms. The van der Waals surface area contributed by atoms with E-state index in [1.165, 1.54) is 4.90 Å². The lowest BCUT2D eigenvalue weighted by molar-refractivity contribution is -0.153. The molecule has 7 heteroatoms. The molecule has 0 saturated carbocycles. The van der Waals surface area contributed by atoms with Gasteiger partial charge in [-0.15, -0.1) is 0 Å². The van der Waals surface area contributed by atoms with Gasteiger partial charge in [0.05, 0.1) is 18.4 Å². The molecule has 0 aliphatic carbocycles. The van der Waals surface area contributed by atoms with Gasteiger partial charge in [-0.05, 0) is 42.3 Å². The molecule has 3 rings (SSSR count). The molecule has 1 aliphatic rings. The molecule has 144 valence electrons. The van der Waals surface area contributed by atoms with E-state index in [0.29, 0.717) is 22.9 Å². The number of ether oxygens (including phenoxy) is 2. The Bertz CT molecular complexity index is 895. The monoisotopic (exact) mass is 398 g/mol. The molecular formula is C21H19ClN2O4. The van der Waals surface area contributed by atoms with E-state index in [4.69, 9.17) is 26.3 Å². The third-order valence-corrected chi connectivity index (χ3v) is 4.65. The van der Waals surface area contributed by atoms with Gasteiger partial charge in [-0.1, -0.05) is 29.8 Å². The molecule has 0 fully saturated rings. The summed E-state index contributed by atoms with van der Waals surface area (Å²) in [5, 5.41) is 9.41. The molecule has 0 unspecified atom stereocenters. The molecule has 2 aromatic carbocycles. The van der Waals surface area contributed by atoms with Gasteiger partial charge in [0, 0.05) is 17.3 Å². The SMILES string of the molecule is N#CCCN(C(=O)COC(=O)[C@H]1COc2ccc(Cl)cc2C1)c1ccccc1. The quantitative estimate of drug-likeness (QED) is 0.697. The molecule has 1 aliphatic heterocycles. The Morgan fingerprint density at radius 3 is 2.79 bits per heavy atom. The summed E-state index contributed by atoms with van der Waals surface area (Å²) in [7, 11) is 0. The van der Waals surface area contributed by atoms with E-state index in [2.05, 4.69) is 0 Å². The number of nitrogens with zero attached hydrogens (tertiary/aromatic N) is 2. The molecule has 1 amide bonds. The zero-order valence-electron chi connectivity index (χ0n) is 15.1. The first-order valence-corrected chi connectivity index (χ1v) is 9.26. The summed E-state index contributed by atoms with van der Waals surface area (Å²) >= 11 is 6.00. The molecule has 0 radical (unpaired) electrons. The van der Waals surface area contributed by atoms with Crippen LogP contribution < -0.4 is 9.64 Å². The number of nitriles is 1. The van der Waals surface area contributed by atoms with Crippen LogP contribution in [0, 0.1) is 17.2 Å². The zero-order valence-corrected chi connectivity index (χ0v) is 15.9. The topological polar surface area (TPSA) is 79.6 Å². The van der Waals surface area contributed by atoms with Gasteiger partial charge < -0.3 is 14.4 Å². The molecule has 2 aromatic rings. The first-order chi connectivity index (χ1) is 13.6. The van der Waals surface area contributed by atoms with Crippen molar-refractivity contribution in [2.24, 2.45) is 5.92 Å². The van der Waals surface area contributed by atoms with Crippen molar-refractivity contribution in [3.05, 3.63) is 59.1 Å². The Balaban J connectivity index is 1.60. The standard InChI is InChI=1S/C21H19ClN2O4/c22-17-7-8-19-15(12-17)11-16(13-27-19)21(26)28-14-20(25)24(10-4-9-23)18-5-2-1-3-6-18/h1-3,5-8,12,16H,4,10-11,13-14H2/t16-/m1/s1. The number of para-hydroxylation sites is 1. The Labute approximate surface area is 168 Å². The average Bonchev–Trinajstić information content (AvgIpc) is 2.72. The van der Waals surface area contributed by atoms with Crippen LogP contribution in [0.25, 0.3) is 0 Å². The predicted molar refractivity (Wildman–Crippen MR) is 104 cm³/mol. The number of benzene rings is 2. The number of carbonyl (C=O) groups is 2. The number of esters is 1. The van der Waals surface area contributed by atoms with E-state index in [0.717, 1.165) is 5.56 Å². The number of hydrogen-bond acceptors (Lipinski definition) is 5. The number of fused-ring (bicyclic) bond motifs is 1. The van der Waals surface area contributed by atoms with Crippen molar-refractivity contribution in [3.63, 3.8) is 0 Å². The Kier molecular flexibility index (Phi) is 6.51. The average molecular weight is 399 g/mol. The van der Waals surface area contributed by atoms with Crippen molar-refractivity contribution in [2.45, 2.75) is 12.8 Å². The summed E-state index contributed by atoms with van der Waals surface area (Å²) in [6, 6.07) is 16.3. The van der Waals surface area contributed by atoms with Crippen LogP contribution in [0.3, 0.4) is 0 Å². The van der Waals surface area contributed by atoms with E-state index in [1.54, 1.807) is 42.5 Å².